The molecule has 0 unspecified atom stereocenters. The van der Waals surface area contributed by atoms with Crippen LogP contribution in [0.4, 0.5) is 0 Å². The van der Waals surface area contributed by atoms with E-state index in [4.69, 9.17) is 5.11 Å². The molecule has 0 spiro atoms. The predicted molar refractivity (Wildman–Crippen MR) is 76.2 cm³/mol. The van der Waals surface area contributed by atoms with Crippen LogP contribution >= 0.6 is 39.0 Å². The minimum absolute atomic E-state index is 0.188. The number of hydrogen-bond donors (Lipinski definition) is 2. The zero-order valence-corrected chi connectivity index (χ0v) is 13.3. The van der Waals surface area contributed by atoms with Crippen molar-refractivity contribution in [3.05, 3.63) is 15.9 Å². The standard InChI is InChI=1S/C9H14BrNO3S3/c1-15-5-4-7(6-12)11-17(13,14)9-3-2-8(10)16-9/h2-3,7,11-12H,4-6H2,1H3/t7-/m0/s1. The first-order valence-electron chi connectivity index (χ1n) is 4.87. The third-order valence-corrected chi connectivity index (χ3v) is 6.31. The van der Waals surface area contributed by atoms with Gasteiger partial charge in [-0.15, -0.1) is 11.3 Å². The fourth-order valence-electron chi connectivity index (χ4n) is 1.17. The first-order valence-corrected chi connectivity index (χ1v) is 9.35. The molecule has 0 radical (unpaired) electrons. The number of rotatable bonds is 7. The molecule has 17 heavy (non-hydrogen) atoms. The summed E-state index contributed by atoms with van der Waals surface area (Å²) in [5.41, 5.74) is 0. The Morgan fingerprint density at radius 3 is 2.76 bits per heavy atom. The Balaban J connectivity index is 2.71. The predicted octanol–water partition coefficient (Wildman–Crippen LogP) is 1.90. The molecule has 0 aromatic carbocycles. The highest BCUT2D eigenvalue weighted by Crippen LogP contribution is 2.26. The second-order valence-electron chi connectivity index (χ2n) is 3.34. The number of thioether (sulfide) groups is 1. The lowest BCUT2D eigenvalue weighted by Crippen LogP contribution is -2.37. The van der Waals surface area contributed by atoms with E-state index in [0.717, 1.165) is 20.9 Å². The Bertz CT molecular complexity index is 446. The molecule has 4 nitrogen and oxygen atoms in total. The van der Waals surface area contributed by atoms with Crippen LogP contribution < -0.4 is 4.72 Å². The molecule has 1 aromatic heterocycles. The van der Waals surface area contributed by atoms with Gasteiger partial charge in [-0.1, -0.05) is 0 Å². The van der Waals surface area contributed by atoms with E-state index < -0.39 is 16.1 Å². The number of thiophene rings is 1. The topological polar surface area (TPSA) is 66.4 Å². The Labute approximate surface area is 118 Å². The van der Waals surface area contributed by atoms with E-state index >= 15 is 0 Å². The van der Waals surface area contributed by atoms with Crippen molar-refractivity contribution in [1.82, 2.24) is 4.72 Å². The normalized spacial score (nSPS) is 13.8. The van der Waals surface area contributed by atoms with Crippen molar-refractivity contribution in [2.24, 2.45) is 0 Å². The largest absolute Gasteiger partial charge is 0.395 e. The Morgan fingerprint density at radius 1 is 1.59 bits per heavy atom. The van der Waals surface area contributed by atoms with Crippen molar-refractivity contribution < 1.29 is 13.5 Å². The van der Waals surface area contributed by atoms with Crippen LogP contribution in [-0.4, -0.2) is 38.2 Å². The maximum Gasteiger partial charge on any atom is 0.250 e. The molecular weight excluding hydrogens is 346 g/mol. The van der Waals surface area contributed by atoms with Crippen molar-refractivity contribution in [2.45, 2.75) is 16.7 Å². The van der Waals surface area contributed by atoms with Gasteiger partial charge in [0.05, 0.1) is 10.4 Å². The molecule has 0 aliphatic heterocycles. The van der Waals surface area contributed by atoms with Crippen LogP contribution in [0.2, 0.25) is 0 Å². The highest BCUT2D eigenvalue weighted by Gasteiger charge is 2.20. The summed E-state index contributed by atoms with van der Waals surface area (Å²) in [7, 11) is -3.51. The van der Waals surface area contributed by atoms with Crippen molar-refractivity contribution in [2.75, 3.05) is 18.6 Å². The van der Waals surface area contributed by atoms with Gasteiger partial charge in [0.25, 0.3) is 0 Å². The van der Waals surface area contributed by atoms with E-state index in [1.165, 1.54) is 0 Å². The third kappa shape index (κ3) is 4.88. The van der Waals surface area contributed by atoms with E-state index in [1.54, 1.807) is 23.9 Å². The number of aliphatic hydroxyl groups is 1. The molecule has 0 bridgehead atoms. The number of halogens is 1. The van der Waals surface area contributed by atoms with Crippen LogP contribution in [-0.2, 0) is 10.0 Å². The van der Waals surface area contributed by atoms with E-state index in [0.29, 0.717) is 6.42 Å². The molecule has 0 amide bonds. The smallest absolute Gasteiger partial charge is 0.250 e. The average molecular weight is 360 g/mol. The van der Waals surface area contributed by atoms with Gasteiger partial charge in [-0.3, -0.25) is 0 Å². The lowest BCUT2D eigenvalue weighted by atomic mass is 10.3. The van der Waals surface area contributed by atoms with Gasteiger partial charge in [0.15, 0.2) is 0 Å². The second kappa shape index (κ2) is 7.10. The van der Waals surface area contributed by atoms with Gasteiger partial charge in [0.1, 0.15) is 4.21 Å². The highest BCUT2D eigenvalue weighted by molar-refractivity contribution is 9.11. The monoisotopic (exact) mass is 359 g/mol. The Hall–Kier alpha value is 0.400. The van der Waals surface area contributed by atoms with Crippen molar-refractivity contribution in [3.63, 3.8) is 0 Å². The summed E-state index contributed by atoms with van der Waals surface area (Å²) < 4.78 is 27.4. The lowest BCUT2D eigenvalue weighted by Gasteiger charge is -2.14. The molecule has 0 aliphatic carbocycles. The van der Waals surface area contributed by atoms with Crippen molar-refractivity contribution in [3.8, 4) is 0 Å². The summed E-state index contributed by atoms with van der Waals surface area (Å²) in [6.45, 7) is -0.188. The molecular formula is C9H14BrNO3S3. The summed E-state index contributed by atoms with van der Waals surface area (Å²) in [6, 6.07) is 2.81. The SMILES string of the molecule is CSCC[C@@H](CO)NS(=O)(=O)c1ccc(Br)s1. The van der Waals surface area contributed by atoms with Crippen molar-refractivity contribution >= 4 is 49.1 Å². The summed E-state index contributed by atoms with van der Waals surface area (Å²) in [6.07, 6.45) is 2.56. The van der Waals surface area contributed by atoms with Gasteiger partial charge in [-0.05, 0) is 46.5 Å². The van der Waals surface area contributed by atoms with Crippen LogP contribution in [0.15, 0.2) is 20.1 Å². The quantitative estimate of drug-likeness (QED) is 0.780. The zero-order valence-electron chi connectivity index (χ0n) is 9.22. The first-order chi connectivity index (χ1) is 7.99. The number of hydrogen-bond acceptors (Lipinski definition) is 5. The molecule has 2 N–H and O–H groups in total. The Kier molecular flexibility index (Phi) is 6.46. The minimum atomic E-state index is -3.51. The maximum absolute atomic E-state index is 11.9. The summed E-state index contributed by atoms with van der Waals surface area (Å²) >= 11 is 5.99. The minimum Gasteiger partial charge on any atom is -0.395 e. The number of nitrogens with one attached hydrogen (secondary N) is 1. The molecule has 0 aliphatic rings. The van der Waals surface area contributed by atoms with Crippen LogP contribution in [0.1, 0.15) is 6.42 Å². The highest BCUT2D eigenvalue weighted by atomic mass is 79.9. The van der Waals surface area contributed by atoms with Gasteiger partial charge in [-0.25, -0.2) is 13.1 Å². The number of aliphatic hydroxyl groups excluding tert-OH is 1. The summed E-state index contributed by atoms with van der Waals surface area (Å²) in [5.74, 6) is 0.807. The fourth-order valence-corrected chi connectivity index (χ4v) is 4.98. The number of sulfonamides is 1. The Morgan fingerprint density at radius 2 is 2.29 bits per heavy atom. The molecule has 1 heterocycles. The van der Waals surface area contributed by atoms with Gasteiger partial charge in [0, 0.05) is 6.04 Å². The maximum atomic E-state index is 11.9. The van der Waals surface area contributed by atoms with Crippen LogP contribution in [0.25, 0.3) is 0 Å². The third-order valence-electron chi connectivity index (χ3n) is 2.03. The molecule has 98 valence electrons. The van der Waals surface area contributed by atoms with Gasteiger partial charge < -0.3 is 5.11 Å². The van der Waals surface area contributed by atoms with Crippen LogP contribution in [0.5, 0.6) is 0 Å². The summed E-state index contributed by atoms with van der Waals surface area (Å²) in [5, 5.41) is 9.13. The molecule has 1 atom stereocenters. The second-order valence-corrected chi connectivity index (χ2v) is 8.73. The first kappa shape index (κ1) is 15.5. The van der Waals surface area contributed by atoms with E-state index in [2.05, 4.69) is 20.7 Å². The fraction of sp³-hybridized carbons (Fsp3) is 0.556. The van der Waals surface area contributed by atoms with E-state index in [-0.39, 0.29) is 10.8 Å². The zero-order chi connectivity index (χ0) is 12.9. The lowest BCUT2D eigenvalue weighted by molar-refractivity contribution is 0.254. The van der Waals surface area contributed by atoms with Gasteiger partial charge >= 0.3 is 0 Å². The van der Waals surface area contributed by atoms with Gasteiger partial charge in [0.2, 0.25) is 10.0 Å². The van der Waals surface area contributed by atoms with E-state index in [9.17, 15) is 8.42 Å². The molecule has 0 fully saturated rings. The average Bonchev–Trinajstić information content (AvgIpc) is 2.71. The van der Waals surface area contributed by atoms with Crippen molar-refractivity contribution in [1.29, 1.82) is 0 Å². The van der Waals surface area contributed by atoms with Crippen LogP contribution in [0.3, 0.4) is 0 Å². The molecule has 1 aromatic rings. The van der Waals surface area contributed by atoms with Crippen LogP contribution in [0, 0.1) is 0 Å². The molecule has 1 rings (SSSR count). The van der Waals surface area contributed by atoms with Gasteiger partial charge in [-0.2, -0.15) is 11.8 Å². The molecule has 0 saturated heterocycles. The molecule has 0 saturated carbocycles. The van der Waals surface area contributed by atoms with E-state index in [1.807, 2.05) is 6.26 Å². The summed E-state index contributed by atoms with van der Waals surface area (Å²) in [4.78, 5) is 0. The molecule has 8 heteroatoms.